The lowest BCUT2D eigenvalue weighted by molar-refractivity contribution is -0.151. The molecule has 0 heterocycles. The molecule has 106 valence electrons. The summed E-state index contributed by atoms with van der Waals surface area (Å²) in [6, 6.07) is 0. The van der Waals surface area contributed by atoms with Crippen LogP contribution in [-0.2, 0) is 9.59 Å². The van der Waals surface area contributed by atoms with Crippen molar-refractivity contribution >= 4 is 11.9 Å². The van der Waals surface area contributed by atoms with Gasteiger partial charge in [0.25, 0.3) is 0 Å². The molecule has 4 nitrogen and oxygen atoms in total. The quantitative estimate of drug-likeness (QED) is 0.774. The molecular weight excluding hydrogens is 242 g/mol. The monoisotopic (exact) mass is 265 g/mol. The maximum absolute atomic E-state index is 12.1. The van der Waals surface area contributed by atoms with Crippen molar-refractivity contribution in [1.82, 2.24) is 5.32 Å². The Labute approximate surface area is 113 Å². The third-order valence-electron chi connectivity index (χ3n) is 5.49. The van der Waals surface area contributed by atoms with Crippen LogP contribution in [0, 0.1) is 16.7 Å². The Balaban J connectivity index is 1.51. The first-order valence-corrected chi connectivity index (χ1v) is 7.57. The second-order valence-corrected chi connectivity index (χ2v) is 6.88. The zero-order valence-electron chi connectivity index (χ0n) is 11.4. The van der Waals surface area contributed by atoms with Crippen LogP contribution in [0.2, 0.25) is 0 Å². The van der Waals surface area contributed by atoms with Crippen LogP contribution in [0.15, 0.2) is 0 Å². The largest absolute Gasteiger partial charge is 0.481 e. The van der Waals surface area contributed by atoms with Gasteiger partial charge in [-0.25, -0.2) is 0 Å². The van der Waals surface area contributed by atoms with Gasteiger partial charge in [0.1, 0.15) is 0 Å². The molecule has 4 heteroatoms. The lowest BCUT2D eigenvalue weighted by Gasteiger charge is -2.24. The van der Waals surface area contributed by atoms with Crippen molar-refractivity contribution in [1.29, 1.82) is 0 Å². The summed E-state index contributed by atoms with van der Waals surface area (Å²) in [5.74, 6) is -0.0209. The summed E-state index contributed by atoms with van der Waals surface area (Å²) in [4.78, 5) is 23.5. The lowest BCUT2D eigenvalue weighted by atomic mass is 9.82. The highest BCUT2D eigenvalue weighted by molar-refractivity contribution is 5.85. The smallest absolute Gasteiger partial charge is 0.310 e. The average molecular weight is 265 g/mol. The number of amides is 1. The SMILES string of the molecule is O=C(CC1(C(=O)O)CCCC1)NCC1(C2CC2)CC1. The molecule has 0 aromatic carbocycles. The van der Waals surface area contributed by atoms with Crippen molar-refractivity contribution in [2.45, 2.75) is 57.8 Å². The van der Waals surface area contributed by atoms with E-state index in [-0.39, 0.29) is 12.3 Å². The van der Waals surface area contributed by atoms with E-state index >= 15 is 0 Å². The van der Waals surface area contributed by atoms with Crippen molar-refractivity contribution in [3.05, 3.63) is 0 Å². The minimum absolute atomic E-state index is 0.0591. The van der Waals surface area contributed by atoms with Crippen LogP contribution in [-0.4, -0.2) is 23.5 Å². The van der Waals surface area contributed by atoms with Gasteiger partial charge in [0.05, 0.1) is 5.41 Å². The molecule has 0 aromatic rings. The molecule has 3 aliphatic rings. The van der Waals surface area contributed by atoms with E-state index in [0.717, 1.165) is 25.3 Å². The summed E-state index contributed by atoms with van der Waals surface area (Å²) in [7, 11) is 0. The standard InChI is InChI=1S/C15H23NO3/c17-12(9-14(13(18)19)5-1-2-6-14)16-10-15(7-8-15)11-3-4-11/h11H,1-10H2,(H,16,17)(H,18,19). The molecule has 0 spiro atoms. The van der Waals surface area contributed by atoms with Crippen molar-refractivity contribution in [3.8, 4) is 0 Å². The van der Waals surface area contributed by atoms with Gasteiger partial charge in [-0.3, -0.25) is 9.59 Å². The first-order valence-electron chi connectivity index (χ1n) is 7.57. The van der Waals surface area contributed by atoms with Crippen molar-refractivity contribution in [2.75, 3.05) is 6.54 Å². The molecule has 0 saturated heterocycles. The fourth-order valence-corrected chi connectivity index (χ4v) is 3.75. The molecule has 0 unspecified atom stereocenters. The van der Waals surface area contributed by atoms with Crippen molar-refractivity contribution in [2.24, 2.45) is 16.7 Å². The van der Waals surface area contributed by atoms with Gasteiger partial charge in [0, 0.05) is 13.0 Å². The number of rotatable bonds is 6. The van der Waals surface area contributed by atoms with Gasteiger partial charge in [-0.15, -0.1) is 0 Å². The maximum Gasteiger partial charge on any atom is 0.310 e. The number of carbonyl (C=O) groups excluding carboxylic acids is 1. The van der Waals surface area contributed by atoms with Crippen LogP contribution >= 0.6 is 0 Å². The number of hydrogen-bond acceptors (Lipinski definition) is 2. The number of nitrogens with one attached hydrogen (secondary N) is 1. The van der Waals surface area contributed by atoms with E-state index in [2.05, 4.69) is 5.32 Å². The zero-order valence-corrected chi connectivity index (χ0v) is 11.4. The Morgan fingerprint density at radius 1 is 1.11 bits per heavy atom. The Bertz CT molecular complexity index is 390. The number of hydrogen-bond donors (Lipinski definition) is 2. The summed E-state index contributed by atoms with van der Waals surface area (Å²) < 4.78 is 0. The molecule has 3 saturated carbocycles. The summed E-state index contributed by atoms with van der Waals surface area (Å²) in [6.45, 7) is 0.770. The Hall–Kier alpha value is -1.06. The fourth-order valence-electron chi connectivity index (χ4n) is 3.75. The molecule has 0 bridgehead atoms. The normalized spacial score (nSPS) is 26.9. The minimum atomic E-state index is -0.788. The minimum Gasteiger partial charge on any atom is -0.481 e. The number of carboxylic acids is 1. The van der Waals surface area contributed by atoms with Crippen molar-refractivity contribution < 1.29 is 14.7 Å². The molecule has 0 aliphatic heterocycles. The molecule has 0 atom stereocenters. The molecule has 0 aromatic heterocycles. The fraction of sp³-hybridized carbons (Fsp3) is 0.867. The summed E-state index contributed by atoms with van der Waals surface area (Å²) in [5, 5.41) is 12.4. The van der Waals surface area contributed by atoms with E-state index in [1.807, 2.05) is 0 Å². The Kier molecular flexibility index (Phi) is 3.06. The van der Waals surface area contributed by atoms with E-state index in [9.17, 15) is 14.7 Å². The maximum atomic E-state index is 12.1. The third kappa shape index (κ3) is 2.49. The molecule has 1 amide bonds. The van der Waals surface area contributed by atoms with Crippen LogP contribution in [0.3, 0.4) is 0 Å². The molecule has 3 fully saturated rings. The number of carbonyl (C=O) groups is 2. The van der Waals surface area contributed by atoms with E-state index in [4.69, 9.17) is 0 Å². The molecule has 3 rings (SSSR count). The van der Waals surface area contributed by atoms with Crippen LogP contribution in [0.25, 0.3) is 0 Å². The third-order valence-corrected chi connectivity index (χ3v) is 5.49. The molecule has 2 N–H and O–H groups in total. The highest BCUT2D eigenvalue weighted by Crippen LogP contribution is 2.60. The first-order chi connectivity index (χ1) is 9.06. The highest BCUT2D eigenvalue weighted by atomic mass is 16.4. The van der Waals surface area contributed by atoms with Gasteiger partial charge >= 0.3 is 5.97 Å². The van der Waals surface area contributed by atoms with Crippen molar-refractivity contribution in [3.63, 3.8) is 0 Å². The number of carboxylic acid groups (broad SMARTS) is 1. The zero-order chi connectivity index (χ0) is 13.5. The summed E-state index contributed by atoms with van der Waals surface area (Å²) >= 11 is 0. The average Bonchev–Trinajstić information content (AvgIpc) is 3.26. The van der Waals surface area contributed by atoms with Gasteiger partial charge < -0.3 is 10.4 Å². The second-order valence-electron chi connectivity index (χ2n) is 6.88. The van der Waals surface area contributed by atoms with Crippen LogP contribution < -0.4 is 5.32 Å². The van der Waals surface area contributed by atoms with E-state index < -0.39 is 11.4 Å². The van der Waals surface area contributed by atoms with Gasteiger partial charge in [-0.1, -0.05) is 12.8 Å². The van der Waals surface area contributed by atoms with E-state index in [0.29, 0.717) is 18.3 Å². The second kappa shape index (κ2) is 4.50. The topological polar surface area (TPSA) is 66.4 Å². The van der Waals surface area contributed by atoms with E-state index in [1.165, 1.54) is 25.7 Å². The van der Waals surface area contributed by atoms with Gasteiger partial charge in [-0.2, -0.15) is 0 Å². The molecule has 19 heavy (non-hydrogen) atoms. The highest BCUT2D eigenvalue weighted by Gasteiger charge is 2.53. The van der Waals surface area contributed by atoms with Gasteiger partial charge in [0.15, 0.2) is 0 Å². The number of aliphatic carboxylic acids is 1. The molecule has 3 aliphatic carbocycles. The molecular formula is C15H23NO3. The first kappa shape index (κ1) is 12.9. The lowest BCUT2D eigenvalue weighted by Crippen LogP contribution is -2.38. The van der Waals surface area contributed by atoms with Crippen LogP contribution in [0.5, 0.6) is 0 Å². The van der Waals surface area contributed by atoms with Gasteiger partial charge in [0.2, 0.25) is 5.91 Å². The molecule has 0 radical (unpaired) electrons. The Morgan fingerprint density at radius 3 is 2.21 bits per heavy atom. The van der Waals surface area contributed by atoms with Crippen LogP contribution in [0.1, 0.15) is 57.8 Å². The predicted octanol–water partition coefficient (Wildman–Crippen LogP) is 2.33. The predicted molar refractivity (Wildman–Crippen MR) is 70.6 cm³/mol. The van der Waals surface area contributed by atoms with E-state index in [1.54, 1.807) is 0 Å². The Morgan fingerprint density at radius 2 is 1.74 bits per heavy atom. The van der Waals surface area contributed by atoms with Gasteiger partial charge in [-0.05, 0) is 49.9 Å². The summed E-state index contributed by atoms with van der Waals surface area (Å²) in [5.41, 5.74) is -0.387. The van der Waals surface area contributed by atoms with Crippen LogP contribution in [0.4, 0.5) is 0 Å². The summed E-state index contributed by atoms with van der Waals surface area (Å²) in [6.07, 6.45) is 8.46.